The molecule has 0 spiro atoms. The van der Waals surface area contributed by atoms with Crippen molar-refractivity contribution in [2.45, 2.75) is 44.7 Å². The second-order valence-electron chi connectivity index (χ2n) is 5.21. The van der Waals surface area contributed by atoms with Crippen LogP contribution in [0.3, 0.4) is 0 Å². The van der Waals surface area contributed by atoms with E-state index in [4.69, 9.17) is 0 Å². The molecule has 0 bridgehead atoms. The minimum atomic E-state index is -0.422. The molecular weight excluding hydrogens is 243 g/mol. The topological polar surface area (TPSA) is 41.1 Å². The molecule has 4 heteroatoms. The van der Waals surface area contributed by atoms with Crippen molar-refractivity contribution >= 4 is 5.91 Å². The molecule has 1 amide bonds. The van der Waals surface area contributed by atoms with Crippen molar-refractivity contribution in [1.29, 1.82) is 0 Å². The van der Waals surface area contributed by atoms with E-state index >= 15 is 0 Å². The standard InChI is InChI=1S/C15H21FN2O/c1-3-15(9-4-10-17-15)14(19)18-11(2)12-5-7-13(16)8-6-12/h5-8,11,17H,3-4,9-10H2,1-2H3,(H,18,19)/t11-,15?/m1/s1. The SMILES string of the molecule is CCC1(C(=O)N[C@H](C)c2ccc(F)cc2)CCCN1. The van der Waals surface area contributed by atoms with Crippen LogP contribution in [-0.4, -0.2) is 18.0 Å². The van der Waals surface area contributed by atoms with Gasteiger partial charge in [0, 0.05) is 0 Å². The number of halogens is 1. The molecule has 1 aliphatic heterocycles. The van der Waals surface area contributed by atoms with Gasteiger partial charge in [0.05, 0.1) is 11.6 Å². The number of rotatable bonds is 4. The van der Waals surface area contributed by atoms with E-state index in [9.17, 15) is 9.18 Å². The van der Waals surface area contributed by atoms with Gasteiger partial charge in [0.15, 0.2) is 0 Å². The van der Waals surface area contributed by atoms with E-state index in [-0.39, 0.29) is 17.8 Å². The van der Waals surface area contributed by atoms with Crippen LogP contribution in [0.4, 0.5) is 4.39 Å². The van der Waals surface area contributed by atoms with Gasteiger partial charge in [0.1, 0.15) is 5.82 Å². The molecule has 1 aromatic rings. The molecule has 0 radical (unpaired) electrons. The first-order chi connectivity index (χ1) is 9.07. The first-order valence-electron chi connectivity index (χ1n) is 6.89. The smallest absolute Gasteiger partial charge is 0.240 e. The fraction of sp³-hybridized carbons (Fsp3) is 0.533. The van der Waals surface area contributed by atoms with E-state index in [0.717, 1.165) is 31.4 Å². The molecule has 1 saturated heterocycles. The summed E-state index contributed by atoms with van der Waals surface area (Å²) in [7, 11) is 0. The van der Waals surface area contributed by atoms with E-state index in [2.05, 4.69) is 10.6 Å². The summed E-state index contributed by atoms with van der Waals surface area (Å²) in [6.07, 6.45) is 2.70. The maximum atomic E-state index is 12.9. The molecule has 1 aromatic carbocycles. The van der Waals surface area contributed by atoms with E-state index in [1.54, 1.807) is 12.1 Å². The summed E-state index contributed by atoms with van der Waals surface area (Å²) in [5.41, 5.74) is 0.493. The highest BCUT2D eigenvalue weighted by Crippen LogP contribution is 2.24. The highest BCUT2D eigenvalue weighted by atomic mass is 19.1. The second kappa shape index (κ2) is 5.70. The number of amides is 1. The van der Waals surface area contributed by atoms with E-state index in [0.29, 0.717) is 0 Å². The average Bonchev–Trinajstić information content (AvgIpc) is 2.89. The zero-order chi connectivity index (χ0) is 13.9. The Morgan fingerprint density at radius 3 is 2.68 bits per heavy atom. The minimum Gasteiger partial charge on any atom is -0.348 e. The fourth-order valence-corrected chi connectivity index (χ4v) is 2.63. The van der Waals surface area contributed by atoms with Gasteiger partial charge in [-0.05, 0) is 50.4 Å². The van der Waals surface area contributed by atoms with Gasteiger partial charge in [-0.15, -0.1) is 0 Å². The van der Waals surface area contributed by atoms with E-state index in [1.807, 2.05) is 13.8 Å². The molecule has 0 saturated carbocycles. The average molecular weight is 264 g/mol. The summed E-state index contributed by atoms with van der Waals surface area (Å²) in [5, 5.41) is 6.34. The Labute approximate surface area is 113 Å². The van der Waals surface area contributed by atoms with Crippen molar-refractivity contribution in [3.05, 3.63) is 35.6 Å². The Hall–Kier alpha value is -1.42. The molecule has 1 heterocycles. The lowest BCUT2D eigenvalue weighted by Crippen LogP contribution is -2.53. The third kappa shape index (κ3) is 2.95. The fourth-order valence-electron chi connectivity index (χ4n) is 2.63. The summed E-state index contributed by atoms with van der Waals surface area (Å²) in [4.78, 5) is 12.4. The lowest BCUT2D eigenvalue weighted by molar-refractivity contribution is -0.128. The molecule has 0 aliphatic carbocycles. The Kier molecular flexibility index (Phi) is 4.20. The lowest BCUT2D eigenvalue weighted by atomic mass is 9.92. The monoisotopic (exact) mass is 264 g/mol. The van der Waals surface area contributed by atoms with Crippen LogP contribution in [0.2, 0.25) is 0 Å². The van der Waals surface area contributed by atoms with Crippen LogP contribution < -0.4 is 10.6 Å². The molecule has 2 N–H and O–H groups in total. The Balaban J connectivity index is 2.04. The molecule has 19 heavy (non-hydrogen) atoms. The predicted molar refractivity (Wildman–Crippen MR) is 73.2 cm³/mol. The van der Waals surface area contributed by atoms with Crippen LogP contribution in [0.5, 0.6) is 0 Å². The van der Waals surface area contributed by atoms with Gasteiger partial charge in [0.2, 0.25) is 5.91 Å². The zero-order valence-electron chi connectivity index (χ0n) is 11.5. The van der Waals surface area contributed by atoms with Gasteiger partial charge < -0.3 is 10.6 Å². The minimum absolute atomic E-state index is 0.0457. The van der Waals surface area contributed by atoms with Gasteiger partial charge in [-0.2, -0.15) is 0 Å². The van der Waals surface area contributed by atoms with Crippen LogP contribution >= 0.6 is 0 Å². The van der Waals surface area contributed by atoms with Gasteiger partial charge in [0.25, 0.3) is 0 Å². The Morgan fingerprint density at radius 2 is 2.16 bits per heavy atom. The quantitative estimate of drug-likeness (QED) is 0.877. The van der Waals surface area contributed by atoms with Crippen LogP contribution in [0.15, 0.2) is 24.3 Å². The second-order valence-corrected chi connectivity index (χ2v) is 5.21. The Morgan fingerprint density at radius 1 is 1.47 bits per heavy atom. The van der Waals surface area contributed by atoms with Gasteiger partial charge >= 0.3 is 0 Å². The van der Waals surface area contributed by atoms with Crippen molar-refractivity contribution < 1.29 is 9.18 Å². The summed E-state index contributed by atoms with van der Waals surface area (Å²) in [6, 6.07) is 6.14. The first kappa shape index (κ1) is 14.0. The van der Waals surface area contributed by atoms with Crippen LogP contribution in [0, 0.1) is 5.82 Å². The number of hydrogen-bond donors (Lipinski definition) is 2. The number of hydrogen-bond acceptors (Lipinski definition) is 2. The highest BCUT2D eigenvalue weighted by molar-refractivity contribution is 5.87. The van der Waals surface area contributed by atoms with Gasteiger partial charge in [-0.1, -0.05) is 19.1 Å². The molecule has 3 nitrogen and oxygen atoms in total. The van der Waals surface area contributed by atoms with Gasteiger partial charge in [-0.3, -0.25) is 4.79 Å². The number of nitrogens with one attached hydrogen (secondary N) is 2. The van der Waals surface area contributed by atoms with Crippen molar-refractivity contribution in [1.82, 2.24) is 10.6 Å². The molecule has 1 aliphatic rings. The van der Waals surface area contributed by atoms with Gasteiger partial charge in [-0.25, -0.2) is 4.39 Å². The molecule has 2 atom stereocenters. The molecule has 2 rings (SSSR count). The summed E-state index contributed by atoms with van der Waals surface area (Å²) < 4.78 is 12.9. The van der Waals surface area contributed by atoms with Crippen LogP contribution in [-0.2, 0) is 4.79 Å². The number of carbonyl (C=O) groups excluding carboxylic acids is 1. The molecule has 1 unspecified atom stereocenters. The Bertz CT molecular complexity index is 438. The third-order valence-corrected chi connectivity index (χ3v) is 4.00. The highest BCUT2D eigenvalue weighted by Gasteiger charge is 2.39. The van der Waals surface area contributed by atoms with Crippen molar-refractivity contribution in [3.63, 3.8) is 0 Å². The van der Waals surface area contributed by atoms with Crippen LogP contribution in [0.25, 0.3) is 0 Å². The summed E-state index contributed by atoms with van der Waals surface area (Å²) in [6.45, 7) is 4.84. The van der Waals surface area contributed by atoms with Crippen LogP contribution in [0.1, 0.15) is 44.7 Å². The number of carbonyl (C=O) groups is 1. The molecule has 1 fully saturated rings. The van der Waals surface area contributed by atoms with Crippen molar-refractivity contribution in [2.75, 3.05) is 6.54 Å². The maximum Gasteiger partial charge on any atom is 0.240 e. The maximum absolute atomic E-state index is 12.9. The van der Waals surface area contributed by atoms with E-state index in [1.165, 1.54) is 12.1 Å². The summed E-state index contributed by atoms with van der Waals surface area (Å²) >= 11 is 0. The largest absolute Gasteiger partial charge is 0.348 e. The third-order valence-electron chi connectivity index (χ3n) is 4.00. The number of benzene rings is 1. The van der Waals surface area contributed by atoms with Crippen molar-refractivity contribution in [2.24, 2.45) is 0 Å². The molecular formula is C15H21FN2O. The zero-order valence-corrected chi connectivity index (χ0v) is 11.5. The lowest BCUT2D eigenvalue weighted by Gasteiger charge is -2.28. The predicted octanol–water partition coefficient (Wildman–Crippen LogP) is 2.54. The van der Waals surface area contributed by atoms with E-state index < -0.39 is 5.54 Å². The first-order valence-corrected chi connectivity index (χ1v) is 6.89. The summed E-state index contributed by atoms with van der Waals surface area (Å²) in [5.74, 6) is -0.214. The molecule has 0 aromatic heterocycles. The van der Waals surface area contributed by atoms with Crippen molar-refractivity contribution in [3.8, 4) is 0 Å². The molecule has 104 valence electrons. The normalized spacial score (nSPS) is 24.2.